The maximum absolute atomic E-state index is 13.3. The molecule has 6 rings (SSSR count). The molecule has 9 heteroatoms. The van der Waals surface area contributed by atoms with E-state index in [1.54, 1.807) is 30.5 Å². The fourth-order valence-electron chi connectivity index (χ4n) is 6.75. The van der Waals surface area contributed by atoms with E-state index in [4.69, 9.17) is 18.8 Å². The van der Waals surface area contributed by atoms with Crippen molar-refractivity contribution >= 4 is 19.0 Å². The summed E-state index contributed by atoms with van der Waals surface area (Å²) in [4.78, 5) is 30.4. The number of carbonyl (C=O) groups excluding carboxylic acids is 2. The molecule has 2 bridgehead atoms. The molecule has 2 aromatic rings. The Morgan fingerprint density at radius 2 is 1.95 bits per heavy atom. The number of ether oxygens (including phenoxy) is 2. The minimum Gasteiger partial charge on any atom is -0.496 e. The molecule has 4 aliphatic rings. The van der Waals surface area contributed by atoms with E-state index >= 15 is 0 Å². The predicted molar refractivity (Wildman–Crippen MR) is 147 cm³/mol. The van der Waals surface area contributed by atoms with Crippen LogP contribution in [0.1, 0.15) is 80.7 Å². The van der Waals surface area contributed by atoms with Crippen molar-refractivity contribution in [2.75, 3.05) is 7.11 Å². The van der Waals surface area contributed by atoms with E-state index in [9.17, 15) is 9.59 Å². The Hall–Kier alpha value is -2.91. The molecular weight excluding hydrogens is 495 g/mol. The number of methoxy groups -OCH3 is 1. The Balaban J connectivity index is 1.45. The number of hydrogen-bond acceptors (Lipinski definition) is 7. The third kappa shape index (κ3) is 5.07. The summed E-state index contributed by atoms with van der Waals surface area (Å²) >= 11 is 0. The first kappa shape index (κ1) is 27.7. The molecule has 3 aliphatic carbocycles. The zero-order valence-corrected chi connectivity index (χ0v) is 23.9. The van der Waals surface area contributed by atoms with Crippen LogP contribution in [0.3, 0.4) is 0 Å². The fourth-order valence-corrected chi connectivity index (χ4v) is 6.75. The Labute approximate surface area is 231 Å². The smallest absolute Gasteiger partial charge is 0.482 e. The highest BCUT2D eigenvalue weighted by molar-refractivity contribution is 6.48. The lowest BCUT2D eigenvalue weighted by Crippen LogP contribution is -2.65. The van der Waals surface area contributed by atoms with Crippen molar-refractivity contribution in [3.8, 4) is 5.75 Å². The third-order valence-electron chi connectivity index (χ3n) is 8.90. The van der Waals surface area contributed by atoms with Gasteiger partial charge in [0.1, 0.15) is 16.9 Å². The number of para-hydroxylation sites is 1. The Morgan fingerprint density at radius 1 is 1.18 bits per heavy atom. The summed E-state index contributed by atoms with van der Waals surface area (Å²) in [5.41, 5.74) is 0.644. The number of rotatable bonds is 7. The average Bonchev–Trinajstić information content (AvgIpc) is 3.24. The number of pyridine rings is 1. The molecule has 1 aromatic carbocycles. The van der Waals surface area contributed by atoms with Crippen molar-refractivity contribution in [3.63, 3.8) is 0 Å². The van der Waals surface area contributed by atoms with Crippen LogP contribution >= 0.6 is 0 Å². The first-order valence-corrected chi connectivity index (χ1v) is 13.8. The average molecular weight is 534 g/mol. The fraction of sp³-hybridized carbons (Fsp3) is 0.567. The Kier molecular flexibility index (Phi) is 7.04. The van der Waals surface area contributed by atoms with Gasteiger partial charge in [-0.1, -0.05) is 26.0 Å². The number of amides is 1. The van der Waals surface area contributed by atoms with Gasteiger partial charge in [-0.15, -0.1) is 0 Å². The van der Waals surface area contributed by atoms with E-state index in [2.05, 4.69) is 31.1 Å². The second-order valence-corrected chi connectivity index (χ2v) is 12.9. The van der Waals surface area contributed by atoms with Gasteiger partial charge in [-0.25, -0.2) is 4.79 Å². The van der Waals surface area contributed by atoms with Crippen LogP contribution in [-0.2, 0) is 20.5 Å². The van der Waals surface area contributed by atoms with Crippen LogP contribution in [0.2, 0.25) is 0 Å². The van der Waals surface area contributed by atoms with Gasteiger partial charge in [-0.3, -0.25) is 9.78 Å². The van der Waals surface area contributed by atoms with E-state index in [0.717, 1.165) is 18.4 Å². The summed E-state index contributed by atoms with van der Waals surface area (Å²) in [6, 6.07) is 8.82. The number of carbonyl (C=O) groups is 2. The lowest BCUT2D eigenvalue weighted by molar-refractivity contribution is -0.199. The predicted octanol–water partition coefficient (Wildman–Crippen LogP) is 4.65. The first-order valence-electron chi connectivity index (χ1n) is 13.8. The first-order chi connectivity index (χ1) is 18.3. The van der Waals surface area contributed by atoms with E-state index < -0.39 is 30.2 Å². The molecule has 1 aliphatic heterocycles. The summed E-state index contributed by atoms with van der Waals surface area (Å²) in [6.45, 7) is 12.3. The molecule has 3 saturated carbocycles. The van der Waals surface area contributed by atoms with Crippen molar-refractivity contribution in [3.05, 3.63) is 59.4 Å². The van der Waals surface area contributed by atoms with Crippen LogP contribution in [-0.4, -0.2) is 54.3 Å². The maximum atomic E-state index is 13.3. The van der Waals surface area contributed by atoms with Crippen molar-refractivity contribution in [2.45, 2.75) is 84.1 Å². The van der Waals surface area contributed by atoms with E-state index in [1.165, 1.54) is 13.3 Å². The van der Waals surface area contributed by atoms with Crippen molar-refractivity contribution in [1.82, 2.24) is 10.3 Å². The van der Waals surface area contributed by atoms with Crippen LogP contribution in [0.25, 0.3) is 0 Å². The number of esters is 1. The van der Waals surface area contributed by atoms with Gasteiger partial charge in [0.2, 0.25) is 0 Å². The van der Waals surface area contributed by atoms with Gasteiger partial charge in [0.15, 0.2) is 0 Å². The molecule has 5 atom stereocenters. The van der Waals surface area contributed by atoms with Gasteiger partial charge < -0.3 is 24.1 Å². The van der Waals surface area contributed by atoms with Crippen molar-refractivity contribution < 1.29 is 28.4 Å². The topological polar surface area (TPSA) is 96.0 Å². The molecule has 0 spiro atoms. The van der Waals surface area contributed by atoms with Crippen LogP contribution in [0.15, 0.2) is 42.7 Å². The number of benzene rings is 1. The Bertz CT molecular complexity index is 1250. The van der Waals surface area contributed by atoms with E-state index in [1.807, 2.05) is 26.8 Å². The van der Waals surface area contributed by atoms with E-state index in [-0.39, 0.29) is 17.4 Å². The highest BCUT2D eigenvalue weighted by atomic mass is 16.7. The largest absolute Gasteiger partial charge is 0.496 e. The Morgan fingerprint density at radius 3 is 2.59 bits per heavy atom. The zero-order chi connectivity index (χ0) is 28.2. The molecule has 5 unspecified atom stereocenters. The highest BCUT2D eigenvalue weighted by Crippen LogP contribution is 2.65. The molecule has 1 saturated heterocycles. The monoisotopic (exact) mass is 534 g/mol. The second-order valence-electron chi connectivity index (χ2n) is 12.9. The molecule has 39 heavy (non-hydrogen) atoms. The van der Waals surface area contributed by atoms with Gasteiger partial charge in [-0.05, 0) is 88.0 Å². The molecular formula is C30H39BN2O6. The molecule has 0 radical (unpaired) electrons. The normalized spacial score (nSPS) is 27.7. The lowest BCUT2D eigenvalue weighted by Gasteiger charge is -2.64. The standard InChI is InChI=1S/C30H39BN2O6/c1-28(2,3)37-27(35)21-12-8-10-18(25(21)36-7)14-24(33-26(34)19-11-9-13-32-17-19)31-38-23-16-20-15-22(29(20,4)5)30(23,6)39-31/h8-13,17,20,22-24H,14-16H2,1-7H3,(H,33,34). The van der Waals surface area contributed by atoms with Crippen LogP contribution in [0.5, 0.6) is 5.75 Å². The molecule has 8 nitrogen and oxygen atoms in total. The van der Waals surface area contributed by atoms with Gasteiger partial charge >= 0.3 is 13.1 Å². The van der Waals surface area contributed by atoms with Gasteiger partial charge in [0, 0.05) is 12.4 Å². The molecule has 4 fully saturated rings. The number of hydrogen-bond donors (Lipinski definition) is 1. The minimum absolute atomic E-state index is 0.0351. The second kappa shape index (κ2) is 9.93. The van der Waals surface area contributed by atoms with E-state index in [0.29, 0.717) is 35.1 Å². The van der Waals surface area contributed by atoms with Crippen LogP contribution in [0.4, 0.5) is 0 Å². The molecule has 208 valence electrons. The lowest BCUT2D eigenvalue weighted by atomic mass is 9.43. The highest BCUT2D eigenvalue weighted by Gasteiger charge is 2.68. The summed E-state index contributed by atoms with van der Waals surface area (Å²) in [5.74, 6) is 0.134. The zero-order valence-electron chi connectivity index (χ0n) is 23.9. The van der Waals surface area contributed by atoms with Crippen molar-refractivity contribution in [2.24, 2.45) is 17.3 Å². The number of aromatic nitrogens is 1. The van der Waals surface area contributed by atoms with Crippen molar-refractivity contribution in [1.29, 1.82) is 0 Å². The maximum Gasteiger partial charge on any atom is 0.482 e. The SMILES string of the molecule is COc1c(CC(NC(=O)c2cccnc2)B2OC3CC4CC(C4(C)C)C3(C)O2)cccc1C(=O)OC(C)(C)C. The van der Waals surface area contributed by atoms with Gasteiger partial charge in [-0.2, -0.15) is 0 Å². The third-order valence-corrected chi connectivity index (χ3v) is 8.90. The van der Waals surface area contributed by atoms with Gasteiger partial charge in [0.25, 0.3) is 5.91 Å². The van der Waals surface area contributed by atoms with Crippen LogP contribution in [0, 0.1) is 17.3 Å². The summed E-state index contributed by atoms with van der Waals surface area (Å²) in [7, 11) is 0.870. The summed E-state index contributed by atoms with van der Waals surface area (Å²) < 4.78 is 24.6. The summed E-state index contributed by atoms with van der Waals surface area (Å²) in [6.07, 6.45) is 5.53. The molecule has 1 aromatic heterocycles. The molecule has 1 N–H and O–H groups in total. The molecule has 1 amide bonds. The molecule has 2 heterocycles. The quantitative estimate of drug-likeness (QED) is 0.408. The number of nitrogens with one attached hydrogen (secondary N) is 1. The van der Waals surface area contributed by atoms with Gasteiger partial charge in [0.05, 0.1) is 30.3 Å². The summed E-state index contributed by atoms with van der Waals surface area (Å²) in [5, 5.41) is 3.14. The number of nitrogens with zero attached hydrogens (tertiary/aromatic N) is 1. The van der Waals surface area contributed by atoms with Crippen LogP contribution < -0.4 is 10.1 Å². The minimum atomic E-state index is -0.661.